The minimum Gasteiger partial charge on any atom is -0.297 e. The summed E-state index contributed by atoms with van der Waals surface area (Å²) in [6, 6.07) is 1.81. The number of hydrogen-bond donors (Lipinski definition) is 0. The summed E-state index contributed by atoms with van der Waals surface area (Å²) in [6.07, 6.45) is 7.31. The van der Waals surface area contributed by atoms with Gasteiger partial charge in [0.25, 0.3) is 0 Å². The van der Waals surface area contributed by atoms with Gasteiger partial charge in [-0.15, -0.1) is 0 Å². The number of likely N-dealkylation sites (tertiary alicyclic amines) is 1. The molecular weight excluding hydrogens is 146 g/mol. The Morgan fingerprint density at radius 3 is 2.25 bits per heavy atom. The van der Waals surface area contributed by atoms with Crippen LogP contribution in [0.3, 0.4) is 0 Å². The van der Waals surface area contributed by atoms with Gasteiger partial charge in [-0.3, -0.25) is 4.90 Å². The molecule has 0 radical (unpaired) electrons. The molecule has 0 N–H and O–H groups in total. The van der Waals surface area contributed by atoms with E-state index in [0.29, 0.717) is 0 Å². The molecule has 12 heavy (non-hydrogen) atoms. The van der Waals surface area contributed by atoms with Gasteiger partial charge in [-0.1, -0.05) is 19.8 Å². The molecule has 1 heterocycles. The third-order valence-corrected chi connectivity index (χ3v) is 3.63. The molecule has 2 rings (SSSR count). The van der Waals surface area contributed by atoms with Gasteiger partial charge in [0, 0.05) is 18.6 Å². The van der Waals surface area contributed by atoms with Gasteiger partial charge in [0.15, 0.2) is 0 Å². The molecule has 0 spiro atoms. The normalized spacial score (nSPS) is 39.5. The number of nitrogens with zero attached hydrogens (tertiary/aromatic N) is 1. The second-order valence-electron chi connectivity index (χ2n) is 4.82. The van der Waals surface area contributed by atoms with Gasteiger partial charge in [-0.2, -0.15) is 0 Å². The lowest BCUT2D eigenvalue weighted by atomic mass is 10.1. The van der Waals surface area contributed by atoms with Crippen molar-refractivity contribution in [3.63, 3.8) is 0 Å². The van der Waals surface area contributed by atoms with Crippen molar-refractivity contribution in [3.8, 4) is 0 Å². The minimum atomic E-state index is 0.864. The first-order valence-electron chi connectivity index (χ1n) is 5.53. The first-order valence-corrected chi connectivity index (χ1v) is 5.53. The zero-order chi connectivity index (χ0) is 8.55. The quantitative estimate of drug-likeness (QED) is 0.580. The van der Waals surface area contributed by atoms with Crippen LogP contribution < -0.4 is 0 Å². The van der Waals surface area contributed by atoms with Crippen molar-refractivity contribution in [2.45, 2.75) is 58.0 Å². The van der Waals surface area contributed by atoms with E-state index in [4.69, 9.17) is 0 Å². The maximum Gasteiger partial charge on any atom is 0.00981 e. The van der Waals surface area contributed by atoms with Gasteiger partial charge in [-0.05, 0) is 32.1 Å². The Hall–Kier alpha value is -0.0400. The lowest BCUT2D eigenvalue weighted by Gasteiger charge is -2.27. The molecule has 0 aromatic rings. The summed E-state index contributed by atoms with van der Waals surface area (Å²) in [4.78, 5) is 2.76. The van der Waals surface area contributed by atoms with Gasteiger partial charge in [-0.25, -0.2) is 0 Å². The lowest BCUT2D eigenvalue weighted by Crippen LogP contribution is -2.35. The second-order valence-corrected chi connectivity index (χ2v) is 4.82. The molecule has 2 fully saturated rings. The van der Waals surface area contributed by atoms with Crippen molar-refractivity contribution in [2.75, 3.05) is 6.54 Å². The smallest absolute Gasteiger partial charge is 0.00981 e. The molecule has 1 saturated carbocycles. The molecule has 70 valence electrons. The summed E-state index contributed by atoms with van der Waals surface area (Å²) >= 11 is 0. The predicted molar refractivity (Wildman–Crippen MR) is 52.2 cm³/mol. The van der Waals surface area contributed by atoms with E-state index in [-0.39, 0.29) is 0 Å². The highest BCUT2D eigenvalue weighted by Crippen LogP contribution is 2.31. The Balaban J connectivity index is 1.94. The largest absolute Gasteiger partial charge is 0.297 e. The van der Waals surface area contributed by atoms with Gasteiger partial charge in [0.1, 0.15) is 0 Å². The molecule has 0 bridgehead atoms. The predicted octanol–water partition coefficient (Wildman–Crippen LogP) is 2.66. The molecular formula is C11H21N. The average molecular weight is 167 g/mol. The lowest BCUT2D eigenvalue weighted by molar-refractivity contribution is 0.189. The minimum absolute atomic E-state index is 0.864. The van der Waals surface area contributed by atoms with Crippen molar-refractivity contribution in [1.29, 1.82) is 0 Å². The Bertz CT molecular complexity index is 149. The van der Waals surface area contributed by atoms with Crippen LogP contribution in [0.15, 0.2) is 0 Å². The molecule has 1 saturated heterocycles. The summed E-state index contributed by atoms with van der Waals surface area (Å²) in [5.74, 6) is 0.945. The second kappa shape index (κ2) is 3.37. The van der Waals surface area contributed by atoms with E-state index in [2.05, 4.69) is 18.7 Å². The highest BCUT2D eigenvalue weighted by molar-refractivity contribution is 4.87. The monoisotopic (exact) mass is 167 g/mol. The molecule has 2 unspecified atom stereocenters. The van der Waals surface area contributed by atoms with Crippen LogP contribution in [0.2, 0.25) is 0 Å². The van der Waals surface area contributed by atoms with E-state index in [9.17, 15) is 0 Å². The molecule has 2 aliphatic rings. The number of rotatable bonds is 1. The Labute approximate surface area is 76.1 Å². The molecule has 2 atom stereocenters. The third kappa shape index (κ3) is 1.52. The van der Waals surface area contributed by atoms with Gasteiger partial charge in [0.05, 0.1) is 0 Å². The van der Waals surface area contributed by atoms with E-state index < -0.39 is 0 Å². The van der Waals surface area contributed by atoms with Gasteiger partial charge < -0.3 is 0 Å². The molecule has 1 aliphatic carbocycles. The Morgan fingerprint density at radius 1 is 1.08 bits per heavy atom. The molecule has 1 aliphatic heterocycles. The fourth-order valence-corrected chi connectivity index (χ4v) is 3.08. The SMILES string of the molecule is CC1CC(C)N(C2CCCC2)C1. The van der Waals surface area contributed by atoms with Crippen LogP contribution in [0.5, 0.6) is 0 Å². The molecule has 0 aromatic carbocycles. The molecule has 1 heteroatoms. The molecule has 1 nitrogen and oxygen atoms in total. The summed E-state index contributed by atoms with van der Waals surface area (Å²) in [6.45, 7) is 6.17. The van der Waals surface area contributed by atoms with Crippen molar-refractivity contribution in [2.24, 2.45) is 5.92 Å². The van der Waals surface area contributed by atoms with Crippen LogP contribution >= 0.6 is 0 Å². The van der Waals surface area contributed by atoms with Crippen LogP contribution in [0.1, 0.15) is 46.0 Å². The van der Waals surface area contributed by atoms with Crippen molar-refractivity contribution in [3.05, 3.63) is 0 Å². The highest BCUT2D eigenvalue weighted by Gasteiger charge is 2.32. The van der Waals surface area contributed by atoms with E-state index in [1.807, 2.05) is 0 Å². The number of hydrogen-bond acceptors (Lipinski definition) is 1. The summed E-state index contributed by atoms with van der Waals surface area (Å²) < 4.78 is 0. The summed E-state index contributed by atoms with van der Waals surface area (Å²) in [5.41, 5.74) is 0. The van der Waals surface area contributed by atoms with Crippen molar-refractivity contribution >= 4 is 0 Å². The van der Waals surface area contributed by atoms with Crippen molar-refractivity contribution < 1.29 is 0 Å². The first-order chi connectivity index (χ1) is 5.77. The molecule has 0 aromatic heterocycles. The maximum absolute atomic E-state index is 2.76. The highest BCUT2D eigenvalue weighted by atomic mass is 15.2. The third-order valence-electron chi connectivity index (χ3n) is 3.63. The summed E-state index contributed by atoms with van der Waals surface area (Å²) in [5, 5.41) is 0. The fourth-order valence-electron chi connectivity index (χ4n) is 3.08. The van der Waals surface area contributed by atoms with E-state index in [1.54, 1.807) is 0 Å². The first kappa shape index (κ1) is 8.55. The average Bonchev–Trinajstić information content (AvgIpc) is 2.58. The fraction of sp³-hybridized carbons (Fsp3) is 1.00. The van der Waals surface area contributed by atoms with Crippen LogP contribution in [0.25, 0.3) is 0 Å². The van der Waals surface area contributed by atoms with Crippen LogP contribution in [0.4, 0.5) is 0 Å². The van der Waals surface area contributed by atoms with E-state index in [1.165, 1.54) is 38.6 Å². The van der Waals surface area contributed by atoms with Gasteiger partial charge >= 0.3 is 0 Å². The van der Waals surface area contributed by atoms with Gasteiger partial charge in [0.2, 0.25) is 0 Å². The maximum atomic E-state index is 2.76. The zero-order valence-corrected chi connectivity index (χ0v) is 8.42. The molecule has 0 amide bonds. The van der Waals surface area contributed by atoms with E-state index in [0.717, 1.165) is 18.0 Å². The van der Waals surface area contributed by atoms with E-state index >= 15 is 0 Å². The Morgan fingerprint density at radius 2 is 1.75 bits per heavy atom. The van der Waals surface area contributed by atoms with Crippen LogP contribution in [-0.2, 0) is 0 Å². The topological polar surface area (TPSA) is 3.24 Å². The van der Waals surface area contributed by atoms with Crippen molar-refractivity contribution in [1.82, 2.24) is 4.90 Å². The zero-order valence-electron chi connectivity index (χ0n) is 8.42. The van der Waals surface area contributed by atoms with Crippen LogP contribution in [0, 0.1) is 5.92 Å². The standard InChI is InChI=1S/C11H21N/c1-9-7-10(2)12(8-9)11-5-3-4-6-11/h9-11H,3-8H2,1-2H3. The van der Waals surface area contributed by atoms with Crippen LogP contribution in [-0.4, -0.2) is 23.5 Å². The summed E-state index contributed by atoms with van der Waals surface area (Å²) in [7, 11) is 0. The Kier molecular flexibility index (Phi) is 2.40.